The molecular formula is C15H24N2S. The summed E-state index contributed by atoms with van der Waals surface area (Å²) in [4.78, 5) is 5.87. The first-order valence-electron chi connectivity index (χ1n) is 7.00. The Hall–Kier alpha value is -0.670. The standard InChI is InChI=1S/C15H24N2S/c1-11-15(18-12(2)17-11)9-14(10-16-3)13-7-5-4-6-8-13/h9,13,16H,4-8,10H2,1-3H3. The predicted octanol–water partition coefficient (Wildman–Crippen LogP) is 3.94. The van der Waals surface area contributed by atoms with E-state index in [0.29, 0.717) is 0 Å². The predicted molar refractivity (Wildman–Crippen MR) is 80.1 cm³/mol. The number of rotatable bonds is 4. The zero-order valence-corrected chi connectivity index (χ0v) is 12.6. The number of hydrogen-bond donors (Lipinski definition) is 1. The van der Waals surface area contributed by atoms with Gasteiger partial charge in [0, 0.05) is 6.54 Å². The summed E-state index contributed by atoms with van der Waals surface area (Å²) >= 11 is 1.82. The highest BCUT2D eigenvalue weighted by molar-refractivity contribution is 7.12. The second-order valence-corrected chi connectivity index (χ2v) is 6.50. The van der Waals surface area contributed by atoms with Crippen molar-refractivity contribution in [2.24, 2.45) is 5.92 Å². The Morgan fingerprint density at radius 1 is 1.33 bits per heavy atom. The molecule has 0 atom stereocenters. The lowest BCUT2D eigenvalue weighted by atomic mass is 9.83. The van der Waals surface area contributed by atoms with Gasteiger partial charge in [0.1, 0.15) is 0 Å². The van der Waals surface area contributed by atoms with Gasteiger partial charge in [-0.2, -0.15) is 0 Å². The lowest BCUT2D eigenvalue weighted by molar-refractivity contribution is 0.398. The second kappa shape index (κ2) is 6.48. The number of hydrogen-bond acceptors (Lipinski definition) is 3. The monoisotopic (exact) mass is 264 g/mol. The summed E-state index contributed by atoms with van der Waals surface area (Å²) in [7, 11) is 2.04. The molecule has 1 N–H and O–H groups in total. The van der Waals surface area contributed by atoms with Crippen molar-refractivity contribution in [1.82, 2.24) is 10.3 Å². The van der Waals surface area contributed by atoms with Gasteiger partial charge in [0.2, 0.25) is 0 Å². The molecule has 0 amide bonds. The van der Waals surface area contributed by atoms with Crippen molar-refractivity contribution in [3.63, 3.8) is 0 Å². The van der Waals surface area contributed by atoms with E-state index >= 15 is 0 Å². The molecule has 1 heterocycles. The van der Waals surface area contributed by atoms with Crippen LogP contribution in [0.25, 0.3) is 6.08 Å². The Morgan fingerprint density at radius 2 is 2.06 bits per heavy atom. The van der Waals surface area contributed by atoms with E-state index in [9.17, 15) is 0 Å². The third kappa shape index (κ3) is 3.42. The topological polar surface area (TPSA) is 24.9 Å². The van der Waals surface area contributed by atoms with E-state index in [4.69, 9.17) is 0 Å². The van der Waals surface area contributed by atoms with E-state index in [0.717, 1.165) is 12.5 Å². The molecule has 3 heteroatoms. The highest BCUT2D eigenvalue weighted by atomic mass is 32.1. The molecule has 2 rings (SSSR count). The summed E-state index contributed by atoms with van der Waals surface area (Å²) in [5.41, 5.74) is 2.76. The maximum Gasteiger partial charge on any atom is 0.0903 e. The molecule has 0 radical (unpaired) electrons. The summed E-state index contributed by atoms with van der Waals surface area (Å²) in [5.74, 6) is 0.785. The van der Waals surface area contributed by atoms with Gasteiger partial charge in [-0.1, -0.05) is 24.8 Å². The van der Waals surface area contributed by atoms with Gasteiger partial charge in [0.25, 0.3) is 0 Å². The van der Waals surface area contributed by atoms with Gasteiger partial charge in [0.15, 0.2) is 0 Å². The third-order valence-corrected chi connectivity index (χ3v) is 4.79. The van der Waals surface area contributed by atoms with Crippen LogP contribution in [0.4, 0.5) is 0 Å². The Bertz CT molecular complexity index is 414. The van der Waals surface area contributed by atoms with Crippen LogP contribution in [0.1, 0.15) is 47.7 Å². The van der Waals surface area contributed by atoms with Gasteiger partial charge in [-0.3, -0.25) is 0 Å². The van der Waals surface area contributed by atoms with Crippen LogP contribution < -0.4 is 5.32 Å². The largest absolute Gasteiger partial charge is 0.316 e. The maximum atomic E-state index is 4.52. The van der Waals surface area contributed by atoms with Crippen LogP contribution in [-0.4, -0.2) is 18.6 Å². The second-order valence-electron chi connectivity index (χ2n) is 5.27. The van der Waals surface area contributed by atoms with Gasteiger partial charge in [0.05, 0.1) is 15.6 Å². The first-order chi connectivity index (χ1) is 8.70. The quantitative estimate of drug-likeness (QED) is 0.891. The number of nitrogens with one attached hydrogen (secondary N) is 1. The van der Waals surface area contributed by atoms with Crippen LogP contribution in [0, 0.1) is 19.8 Å². The number of likely N-dealkylation sites (N-methyl/N-ethyl adjacent to an activating group) is 1. The molecule has 1 aromatic heterocycles. The SMILES string of the molecule is CNCC(=Cc1sc(C)nc1C)C1CCCCC1. The van der Waals surface area contributed by atoms with Gasteiger partial charge in [-0.05, 0) is 45.7 Å². The molecule has 100 valence electrons. The van der Waals surface area contributed by atoms with E-state index in [1.807, 2.05) is 18.4 Å². The minimum atomic E-state index is 0.785. The van der Waals surface area contributed by atoms with Gasteiger partial charge < -0.3 is 5.32 Å². The molecule has 0 aliphatic heterocycles. The van der Waals surface area contributed by atoms with Gasteiger partial charge in [-0.25, -0.2) is 4.98 Å². The number of aryl methyl sites for hydroxylation is 2. The first-order valence-corrected chi connectivity index (χ1v) is 7.81. The minimum Gasteiger partial charge on any atom is -0.316 e. The summed E-state index contributed by atoms with van der Waals surface area (Å²) in [5, 5.41) is 4.50. The fourth-order valence-electron chi connectivity index (χ4n) is 2.84. The molecule has 1 fully saturated rings. The molecule has 2 nitrogen and oxygen atoms in total. The molecule has 0 saturated heterocycles. The van der Waals surface area contributed by atoms with Gasteiger partial charge in [-0.15, -0.1) is 11.3 Å². The Morgan fingerprint density at radius 3 is 2.61 bits per heavy atom. The van der Waals surface area contributed by atoms with E-state index in [2.05, 4.69) is 30.2 Å². The van der Waals surface area contributed by atoms with Crippen LogP contribution in [0.15, 0.2) is 5.57 Å². The Balaban J connectivity index is 2.20. The molecule has 0 aromatic carbocycles. The van der Waals surface area contributed by atoms with Crippen molar-refractivity contribution in [2.75, 3.05) is 13.6 Å². The normalized spacial score (nSPS) is 18.3. The lowest BCUT2D eigenvalue weighted by Crippen LogP contribution is -2.19. The summed E-state index contributed by atoms with van der Waals surface area (Å²) in [6.07, 6.45) is 9.34. The lowest BCUT2D eigenvalue weighted by Gasteiger charge is -2.24. The van der Waals surface area contributed by atoms with Crippen molar-refractivity contribution in [2.45, 2.75) is 46.0 Å². The number of nitrogens with zero attached hydrogens (tertiary/aromatic N) is 1. The zero-order chi connectivity index (χ0) is 13.0. The average Bonchev–Trinajstić information content (AvgIpc) is 2.68. The average molecular weight is 264 g/mol. The number of aromatic nitrogens is 1. The maximum absolute atomic E-state index is 4.52. The first kappa shape index (κ1) is 13.8. The van der Waals surface area contributed by atoms with Crippen LogP contribution in [0.5, 0.6) is 0 Å². The molecule has 1 aromatic rings. The molecule has 1 aliphatic carbocycles. The van der Waals surface area contributed by atoms with Crippen molar-refractivity contribution >= 4 is 17.4 Å². The smallest absolute Gasteiger partial charge is 0.0903 e. The molecule has 1 aliphatic rings. The Kier molecular flexibility index (Phi) is 4.95. The molecule has 0 spiro atoms. The fourth-order valence-corrected chi connectivity index (χ4v) is 3.74. The number of thiazole rings is 1. The van der Waals surface area contributed by atoms with Crippen molar-refractivity contribution in [3.05, 3.63) is 21.2 Å². The minimum absolute atomic E-state index is 0.785. The summed E-state index contributed by atoms with van der Waals surface area (Å²) in [6.45, 7) is 5.22. The van der Waals surface area contributed by atoms with E-state index < -0.39 is 0 Å². The third-order valence-electron chi connectivity index (χ3n) is 3.77. The molecule has 18 heavy (non-hydrogen) atoms. The highest BCUT2D eigenvalue weighted by Gasteiger charge is 2.18. The van der Waals surface area contributed by atoms with E-state index in [-0.39, 0.29) is 0 Å². The molecular weight excluding hydrogens is 240 g/mol. The summed E-state index contributed by atoms with van der Waals surface area (Å²) < 4.78 is 0. The van der Waals surface area contributed by atoms with Crippen LogP contribution in [0.3, 0.4) is 0 Å². The van der Waals surface area contributed by atoms with Gasteiger partial charge >= 0.3 is 0 Å². The van der Waals surface area contributed by atoms with Crippen molar-refractivity contribution in [1.29, 1.82) is 0 Å². The molecule has 0 unspecified atom stereocenters. The fraction of sp³-hybridized carbons (Fsp3) is 0.667. The van der Waals surface area contributed by atoms with E-state index in [1.54, 1.807) is 5.57 Å². The van der Waals surface area contributed by atoms with E-state index in [1.165, 1.54) is 47.7 Å². The van der Waals surface area contributed by atoms with Crippen molar-refractivity contribution < 1.29 is 0 Å². The zero-order valence-electron chi connectivity index (χ0n) is 11.8. The van der Waals surface area contributed by atoms with Crippen LogP contribution in [0.2, 0.25) is 0 Å². The highest BCUT2D eigenvalue weighted by Crippen LogP contribution is 2.32. The molecule has 0 bridgehead atoms. The van der Waals surface area contributed by atoms with Crippen LogP contribution in [-0.2, 0) is 0 Å². The Labute approximate surface area is 115 Å². The summed E-state index contributed by atoms with van der Waals surface area (Å²) in [6, 6.07) is 0. The van der Waals surface area contributed by atoms with Crippen molar-refractivity contribution in [3.8, 4) is 0 Å². The molecule has 1 saturated carbocycles. The van der Waals surface area contributed by atoms with Crippen LogP contribution >= 0.6 is 11.3 Å².